The quantitative estimate of drug-likeness (QED) is 0.646. The van der Waals surface area contributed by atoms with E-state index >= 15 is 0 Å². The van der Waals surface area contributed by atoms with E-state index < -0.39 is 34.3 Å². The molecule has 1 spiro atoms. The molecule has 1 aromatic carbocycles. The third-order valence-electron chi connectivity index (χ3n) is 4.90. The first-order chi connectivity index (χ1) is 12.7. The Kier molecular flexibility index (Phi) is 3.12. The van der Waals surface area contributed by atoms with Gasteiger partial charge in [0.2, 0.25) is 17.7 Å². The van der Waals surface area contributed by atoms with Crippen LogP contribution in [0.25, 0.3) is 0 Å². The molecule has 10 heteroatoms. The zero-order valence-corrected chi connectivity index (χ0v) is 14.2. The number of nitrogens with zero attached hydrogens (tertiary/aromatic N) is 3. The van der Waals surface area contributed by atoms with Crippen LogP contribution in [0.2, 0.25) is 0 Å². The summed E-state index contributed by atoms with van der Waals surface area (Å²) in [6, 6.07) is 5.32. The summed E-state index contributed by atoms with van der Waals surface area (Å²) >= 11 is 0. The standard InChI is InChI=1S/C17H12FN5O4/c1-22-13(24)11-14(23(2)16(22)26)27-12(20)9(6-19)17(11)8-5-7(18)3-4-10(8)21-15(17)25/h3-5H,20H2,1-2H3,(H,21,25)/t17-/m0/s1. The number of nitrogens with two attached hydrogens (primary N) is 1. The van der Waals surface area contributed by atoms with Gasteiger partial charge in [0.15, 0.2) is 5.41 Å². The number of anilines is 1. The van der Waals surface area contributed by atoms with Crippen molar-refractivity contribution in [2.24, 2.45) is 19.8 Å². The minimum absolute atomic E-state index is 0.0484. The number of fused-ring (bicyclic) bond motifs is 4. The second-order valence-corrected chi connectivity index (χ2v) is 6.23. The molecule has 4 rings (SSSR count). The van der Waals surface area contributed by atoms with E-state index in [9.17, 15) is 24.0 Å². The Bertz CT molecular complexity index is 1250. The fourth-order valence-corrected chi connectivity index (χ4v) is 3.64. The highest BCUT2D eigenvalue weighted by Gasteiger charge is 2.59. The molecule has 2 aliphatic rings. The Morgan fingerprint density at radius 1 is 1.26 bits per heavy atom. The topological polar surface area (TPSA) is 132 Å². The zero-order valence-electron chi connectivity index (χ0n) is 14.2. The molecule has 0 unspecified atom stereocenters. The third-order valence-corrected chi connectivity index (χ3v) is 4.90. The van der Waals surface area contributed by atoms with Gasteiger partial charge in [-0.05, 0) is 18.2 Å². The van der Waals surface area contributed by atoms with E-state index in [4.69, 9.17) is 10.5 Å². The number of rotatable bonds is 0. The number of amides is 1. The van der Waals surface area contributed by atoms with Crippen LogP contribution in [0.4, 0.5) is 10.1 Å². The lowest BCUT2D eigenvalue weighted by Gasteiger charge is -2.33. The number of nitriles is 1. The van der Waals surface area contributed by atoms with Crippen molar-refractivity contribution in [1.82, 2.24) is 9.13 Å². The number of halogens is 1. The van der Waals surface area contributed by atoms with Crippen molar-refractivity contribution in [3.63, 3.8) is 0 Å². The fraction of sp³-hybridized carbons (Fsp3) is 0.176. The van der Waals surface area contributed by atoms with Crippen molar-refractivity contribution in [3.05, 3.63) is 67.4 Å². The summed E-state index contributed by atoms with van der Waals surface area (Å²) in [5.74, 6) is -2.15. The van der Waals surface area contributed by atoms with Crippen LogP contribution in [-0.2, 0) is 24.3 Å². The SMILES string of the molecule is Cn1c2c(c(=O)n(C)c1=O)[C@@]1(C(=O)Nc3ccc(F)cc31)C(C#N)=C(N)O2. The Balaban J connectivity index is 2.29. The summed E-state index contributed by atoms with van der Waals surface area (Å²) in [5.41, 5.74) is 1.93. The van der Waals surface area contributed by atoms with Crippen LogP contribution in [0.5, 0.6) is 5.88 Å². The summed E-state index contributed by atoms with van der Waals surface area (Å²) in [6.07, 6.45) is 0. The lowest BCUT2D eigenvalue weighted by atomic mass is 9.69. The third kappa shape index (κ3) is 1.77. The van der Waals surface area contributed by atoms with E-state index in [2.05, 4.69) is 5.32 Å². The molecule has 0 saturated heterocycles. The van der Waals surface area contributed by atoms with Gasteiger partial charge in [-0.15, -0.1) is 0 Å². The van der Waals surface area contributed by atoms with Crippen LogP contribution >= 0.6 is 0 Å². The number of hydrogen-bond acceptors (Lipinski definition) is 6. The zero-order chi connectivity index (χ0) is 19.7. The van der Waals surface area contributed by atoms with Crippen molar-refractivity contribution in [3.8, 4) is 11.9 Å². The Morgan fingerprint density at radius 2 is 1.96 bits per heavy atom. The molecule has 0 fully saturated rings. The Hall–Kier alpha value is -3.87. The van der Waals surface area contributed by atoms with E-state index in [1.165, 1.54) is 20.2 Å². The van der Waals surface area contributed by atoms with Crippen LogP contribution in [0, 0.1) is 17.1 Å². The van der Waals surface area contributed by atoms with Gasteiger partial charge in [-0.25, -0.2) is 9.18 Å². The minimum atomic E-state index is -2.02. The smallest absolute Gasteiger partial charge is 0.333 e. The van der Waals surface area contributed by atoms with Crippen molar-refractivity contribution in [2.45, 2.75) is 5.41 Å². The van der Waals surface area contributed by atoms with Gasteiger partial charge < -0.3 is 15.8 Å². The molecule has 0 bridgehead atoms. The molecule has 0 saturated carbocycles. The monoisotopic (exact) mass is 369 g/mol. The molecule has 3 heterocycles. The van der Waals surface area contributed by atoms with Gasteiger partial charge in [0, 0.05) is 25.3 Å². The predicted octanol–water partition coefficient (Wildman–Crippen LogP) is -0.452. The molecule has 27 heavy (non-hydrogen) atoms. The van der Waals surface area contributed by atoms with Crippen LogP contribution in [0.1, 0.15) is 11.1 Å². The number of carbonyl (C=O) groups excluding carboxylic acids is 1. The highest BCUT2D eigenvalue weighted by molar-refractivity contribution is 6.12. The molecule has 3 N–H and O–H groups in total. The van der Waals surface area contributed by atoms with Crippen molar-refractivity contribution >= 4 is 11.6 Å². The van der Waals surface area contributed by atoms with Gasteiger partial charge in [-0.3, -0.25) is 18.7 Å². The van der Waals surface area contributed by atoms with Crippen LogP contribution in [-0.4, -0.2) is 15.0 Å². The van der Waals surface area contributed by atoms with Gasteiger partial charge in [-0.1, -0.05) is 0 Å². The summed E-state index contributed by atoms with van der Waals surface area (Å²) in [4.78, 5) is 38.3. The maximum atomic E-state index is 14.0. The largest absolute Gasteiger partial charge is 0.423 e. The highest BCUT2D eigenvalue weighted by atomic mass is 19.1. The molecule has 2 aliphatic heterocycles. The average molecular weight is 369 g/mol. The number of benzene rings is 1. The maximum Gasteiger partial charge on any atom is 0.333 e. The molecular formula is C17H12FN5O4. The predicted molar refractivity (Wildman–Crippen MR) is 90.2 cm³/mol. The van der Waals surface area contributed by atoms with Gasteiger partial charge in [0.05, 0.1) is 0 Å². The van der Waals surface area contributed by atoms with Crippen molar-refractivity contribution in [1.29, 1.82) is 5.26 Å². The molecule has 9 nitrogen and oxygen atoms in total. The lowest BCUT2D eigenvalue weighted by molar-refractivity contribution is -0.118. The first kappa shape index (κ1) is 16.6. The molecule has 2 aromatic rings. The molecule has 0 radical (unpaired) electrons. The van der Waals surface area contributed by atoms with E-state index in [-0.39, 0.29) is 28.3 Å². The van der Waals surface area contributed by atoms with Crippen LogP contribution in [0.3, 0.4) is 0 Å². The van der Waals surface area contributed by atoms with Crippen LogP contribution < -0.4 is 27.0 Å². The number of carbonyl (C=O) groups is 1. The normalized spacial score (nSPS) is 20.0. The molecule has 136 valence electrons. The van der Waals surface area contributed by atoms with Crippen molar-refractivity contribution < 1.29 is 13.9 Å². The molecule has 0 aliphatic carbocycles. The van der Waals surface area contributed by atoms with E-state index in [0.717, 1.165) is 21.3 Å². The Morgan fingerprint density at radius 3 is 2.63 bits per heavy atom. The summed E-state index contributed by atoms with van der Waals surface area (Å²) in [6.45, 7) is 0. The molecule has 1 amide bonds. The van der Waals surface area contributed by atoms with Gasteiger partial charge in [-0.2, -0.15) is 5.26 Å². The average Bonchev–Trinajstić information content (AvgIpc) is 2.90. The van der Waals surface area contributed by atoms with Gasteiger partial charge in [0.25, 0.3) is 5.56 Å². The molecular weight excluding hydrogens is 357 g/mol. The van der Waals surface area contributed by atoms with Gasteiger partial charge in [0.1, 0.15) is 23.0 Å². The minimum Gasteiger partial charge on any atom is -0.423 e. The van der Waals surface area contributed by atoms with Gasteiger partial charge >= 0.3 is 5.69 Å². The van der Waals surface area contributed by atoms with E-state index in [1.54, 1.807) is 0 Å². The number of ether oxygens (including phenoxy) is 1. The molecule has 1 aromatic heterocycles. The first-order valence-electron chi connectivity index (χ1n) is 7.75. The van der Waals surface area contributed by atoms with E-state index in [0.29, 0.717) is 0 Å². The fourth-order valence-electron chi connectivity index (χ4n) is 3.64. The Labute approximate surface area is 150 Å². The maximum absolute atomic E-state index is 14.0. The highest BCUT2D eigenvalue weighted by Crippen LogP contribution is 2.51. The summed E-state index contributed by atoms with van der Waals surface area (Å²) in [7, 11) is 2.56. The summed E-state index contributed by atoms with van der Waals surface area (Å²) in [5, 5.41) is 12.2. The molecule has 1 atom stereocenters. The van der Waals surface area contributed by atoms with E-state index in [1.807, 2.05) is 6.07 Å². The second-order valence-electron chi connectivity index (χ2n) is 6.23. The van der Waals surface area contributed by atoms with Crippen molar-refractivity contribution in [2.75, 3.05) is 5.32 Å². The number of nitrogens with one attached hydrogen (secondary N) is 1. The van der Waals surface area contributed by atoms with Crippen LogP contribution in [0.15, 0.2) is 39.2 Å². The number of hydrogen-bond donors (Lipinski definition) is 2. The number of aromatic nitrogens is 2. The summed E-state index contributed by atoms with van der Waals surface area (Å²) < 4.78 is 21.2. The first-order valence-corrected chi connectivity index (χ1v) is 7.75. The second kappa shape index (κ2) is 5.07. The lowest BCUT2D eigenvalue weighted by Crippen LogP contribution is -2.51.